The van der Waals surface area contributed by atoms with Gasteiger partial charge in [-0.3, -0.25) is 9.69 Å². The van der Waals surface area contributed by atoms with Crippen LogP contribution in [0.4, 0.5) is 4.39 Å². The van der Waals surface area contributed by atoms with Crippen molar-refractivity contribution in [2.24, 2.45) is 5.14 Å². The zero-order valence-corrected chi connectivity index (χ0v) is 20.4. The maximum absolute atomic E-state index is 13.2. The molecule has 174 valence electrons. The Bertz CT molecular complexity index is 1070. The van der Waals surface area contributed by atoms with Crippen LogP contribution in [-0.2, 0) is 27.1 Å². The molecule has 0 unspecified atom stereocenters. The number of ether oxygens (including phenoxy) is 1. The fourth-order valence-electron chi connectivity index (χ4n) is 3.83. The van der Waals surface area contributed by atoms with Crippen molar-refractivity contribution >= 4 is 31.9 Å². The molecule has 7 nitrogen and oxygen atoms in total. The van der Waals surface area contributed by atoms with E-state index in [0.717, 1.165) is 5.56 Å². The van der Waals surface area contributed by atoms with E-state index >= 15 is 0 Å². The highest BCUT2D eigenvalue weighted by atomic mass is 79.9. The molecule has 1 heterocycles. The molecular weight excluding hydrogens is 501 g/mol. The van der Waals surface area contributed by atoms with Crippen molar-refractivity contribution in [3.63, 3.8) is 0 Å². The van der Waals surface area contributed by atoms with Gasteiger partial charge in [0.25, 0.3) is 5.91 Å². The second-order valence-electron chi connectivity index (χ2n) is 8.15. The number of halogens is 2. The molecule has 1 aliphatic rings. The number of nitrogens with zero attached hydrogens (tertiary/aromatic N) is 2. The Morgan fingerprint density at radius 3 is 2.50 bits per heavy atom. The number of carbonyl (C=O) groups is 1. The molecule has 0 aliphatic carbocycles. The Morgan fingerprint density at radius 1 is 1.16 bits per heavy atom. The second kappa shape index (κ2) is 10.3. The maximum Gasteiger partial charge on any atom is 0.260 e. The molecule has 1 saturated heterocycles. The number of primary sulfonamides is 1. The summed E-state index contributed by atoms with van der Waals surface area (Å²) in [6, 6.07) is 11.5. The summed E-state index contributed by atoms with van der Waals surface area (Å²) in [7, 11) is -3.75. The van der Waals surface area contributed by atoms with Gasteiger partial charge in [-0.25, -0.2) is 17.9 Å². The highest BCUT2D eigenvalue weighted by Gasteiger charge is 2.32. The summed E-state index contributed by atoms with van der Waals surface area (Å²) in [6.45, 7) is 5.73. The first kappa shape index (κ1) is 24.6. The van der Waals surface area contributed by atoms with E-state index in [0.29, 0.717) is 35.4 Å². The quantitative estimate of drug-likeness (QED) is 0.597. The minimum absolute atomic E-state index is 0.0310. The Labute approximate surface area is 196 Å². The van der Waals surface area contributed by atoms with E-state index < -0.39 is 10.0 Å². The van der Waals surface area contributed by atoms with Crippen molar-refractivity contribution < 1.29 is 22.3 Å². The molecule has 10 heteroatoms. The monoisotopic (exact) mass is 527 g/mol. The van der Waals surface area contributed by atoms with Gasteiger partial charge in [-0.15, -0.1) is 0 Å². The normalized spacial score (nSPS) is 19.7. The van der Waals surface area contributed by atoms with E-state index in [-0.39, 0.29) is 36.2 Å². The molecule has 2 aromatic carbocycles. The molecule has 3 rings (SSSR count). The Kier molecular flexibility index (Phi) is 7.92. The average Bonchev–Trinajstić information content (AvgIpc) is 2.70. The summed E-state index contributed by atoms with van der Waals surface area (Å²) in [5, 5.41) is 5.17. The Hall–Kier alpha value is -2.01. The van der Waals surface area contributed by atoms with Crippen LogP contribution in [0.3, 0.4) is 0 Å². The van der Waals surface area contributed by atoms with E-state index in [1.807, 2.05) is 6.92 Å². The van der Waals surface area contributed by atoms with E-state index in [1.165, 1.54) is 12.1 Å². The van der Waals surface area contributed by atoms with Gasteiger partial charge < -0.3 is 9.64 Å². The summed E-state index contributed by atoms with van der Waals surface area (Å²) in [4.78, 5) is 16.9. The highest BCUT2D eigenvalue weighted by molar-refractivity contribution is 9.10. The van der Waals surface area contributed by atoms with Gasteiger partial charge in [0.15, 0.2) is 6.61 Å². The third-order valence-electron chi connectivity index (χ3n) is 5.46. The fraction of sp³-hybridized carbons (Fsp3) is 0.409. The topological polar surface area (TPSA) is 92.9 Å². The standard InChI is InChI=1S/C22H27BrFN3O4S/c1-15-11-27(16(2)10-26(15)12-17-3-6-20(24)7-4-17)22(28)13-31-21-8-5-19(23)9-18(21)14-32(25,29)30/h3-9,15-16H,10-14H2,1-2H3,(H2,25,29,30)/t15-,16+/m0/s1. The summed E-state index contributed by atoms with van der Waals surface area (Å²) in [5.74, 6) is -0.504. The zero-order valence-electron chi connectivity index (χ0n) is 18.0. The van der Waals surface area contributed by atoms with Crippen LogP contribution >= 0.6 is 15.9 Å². The van der Waals surface area contributed by atoms with Gasteiger partial charge in [-0.1, -0.05) is 28.1 Å². The first-order valence-electron chi connectivity index (χ1n) is 10.2. The van der Waals surface area contributed by atoms with Gasteiger partial charge in [-0.2, -0.15) is 0 Å². The smallest absolute Gasteiger partial charge is 0.260 e. The molecule has 32 heavy (non-hydrogen) atoms. The van der Waals surface area contributed by atoms with Crippen molar-refractivity contribution in [3.05, 3.63) is 63.9 Å². The molecule has 0 radical (unpaired) electrons. The number of nitrogens with two attached hydrogens (primary N) is 1. The van der Waals surface area contributed by atoms with Gasteiger partial charge in [-0.05, 0) is 49.7 Å². The summed E-state index contributed by atoms with van der Waals surface area (Å²) >= 11 is 3.30. The van der Waals surface area contributed by atoms with Gasteiger partial charge in [0, 0.05) is 41.8 Å². The van der Waals surface area contributed by atoms with Gasteiger partial charge in [0.1, 0.15) is 11.6 Å². The number of piperazine rings is 1. The number of hydrogen-bond acceptors (Lipinski definition) is 5. The zero-order chi connectivity index (χ0) is 23.5. The van der Waals surface area contributed by atoms with Crippen LogP contribution in [0.1, 0.15) is 25.0 Å². The summed E-state index contributed by atoms with van der Waals surface area (Å²) < 4.78 is 42.6. The highest BCUT2D eigenvalue weighted by Crippen LogP contribution is 2.25. The van der Waals surface area contributed by atoms with Crippen molar-refractivity contribution in [2.45, 2.75) is 38.2 Å². The lowest BCUT2D eigenvalue weighted by molar-refractivity contribution is -0.139. The molecule has 0 saturated carbocycles. The van der Waals surface area contributed by atoms with Gasteiger partial charge in [0.05, 0.1) is 5.75 Å². The molecular formula is C22H27BrFN3O4S. The average molecular weight is 528 g/mol. The largest absolute Gasteiger partial charge is 0.483 e. The molecule has 2 atom stereocenters. The summed E-state index contributed by atoms with van der Waals surface area (Å²) in [6.07, 6.45) is 0. The van der Waals surface area contributed by atoms with E-state index in [9.17, 15) is 17.6 Å². The van der Waals surface area contributed by atoms with E-state index in [2.05, 4.69) is 27.8 Å². The lowest BCUT2D eigenvalue weighted by atomic mass is 10.1. The minimum atomic E-state index is -3.75. The minimum Gasteiger partial charge on any atom is -0.483 e. The molecule has 0 spiro atoms. The second-order valence-corrected chi connectivity index (χ2v) is 10.7. The van der Waals surface area contributed by atoms with Crippen LogP contribution in [0.25, 0.3) is 0 Å². The van der Waals surface area contributed by atoms with Crippen LogP contribution in [0.15, 0.2) is 46.9 Å². The third-order valence-corrected chi connectivity index (χ3v) is 6.67. The molecule has 0 aromatic heterocycles. The van der Waals surface area contributed by atoms with Gasteiger partial charge >= 0.3 is 0 Å². The van der Waals surface area contributed by atoms with Crippen molar-refractivity contribution in [1.82, 2.24) is 9.80 Å². The van der Waals surface area contributed by atoms with Gasteiger partial charge in [0.2, 0.25) is 10.0 Å². The lowest BCUT2D eigenvalue weighted by Crippen LogP contribution is -2.58. The van der Waals surface area contributed by atoms with E-state index in [4.69, 9.17) is 9.88 Å². The van der Waals surface area contributed by atoms with Crippen LogP contribution < -0.4 is 9.88 Å². The van der Waals surface area contributed by atoms with Crippen LogP contribution in [0.2, 0.25) is 0 Å². The Balaban J connectivity index is 1.61. The molecule has 1 fully saturated rings. The molecule has 2 aromatic rings. The maximum atomic E-state index is 13.2. The molecule has 1 amide bonds. The Morgan fingerprint density at radius 2 is 1.84 bits per heavy atom. The fourth-order valence-corrected chi connectivity index (χ4v) is 4.90. The predicted molar refractivity (Wildman–Crippen MR) is 124 cm³/mol. The SMILES string of the molecule is C[C@@H]1CN(Cc2ccc(F)cc2)[C@@H](C)CN1C(=O)COc1ccc(Br)cc1CS(N)(=O)=O. The van der Waals surface area contributed by atoms with Crippen LogP contribution in [-0.4, -0.2) is 55.9 Å². The van der Waals surface area contributed by atoms with Crippen LogP contribution in [0.5, 0.6) is 5.75 Å². The number of sulfonamides is 1. The lowest BCUT2D eigenvalue weighted by Gasteiger charge is -2.44. The number of amides is 1. The molecule has 2 N–H and O–H groups in total. The van der Waals surface area contributed by atoms with Crippen molar-refractivity contribution in [2.75, 3.05) is 19.7 Å². The number of rotatable bonds is 7. The molecule has 1 aliphatic heterocycles. The molecule has 0 bridgehead atoms. The van der Waals surface area contributed by atoms with E-state index in [1.54, 1.807) is 35.2 Å². The van der Waals surface area contributed by atoms with Crippen LogP contribution in [0, 0.1) is 5.82 Å². The first-order valence-corrected chi connectivity index (χ1v) is 12.7. The predicted octanol–water partition coefficient (Wildman–Crippen LogP) is 2.88. The number of carbonyl (C=O) groups excluding carboxylic acids is 1. The number of benzene rings is 2. The summed E-state index contributed by atoms with van der Waals surface area (Å²) in [5.41, 5.74) is 1.41. The van der Waals surface area contributed by atoms with Crippen molar-refractivity contribution in [1.29, 1.82) is 0 Å². The first-order chi connectivity index (χ1) is 15.0. The number of hydrogen-bond donors (Lipinski definition) is 1. The third kappa shape index (κ3) is 6.74. The van der Waals surface area contributed by atoms with Crippen molar-refractivity contribution in [3.8, 4) is 5.75 Å².